The Morgan fingerprint density at radius 1 is 0.690 bits per heavy atom. The van der Waals surface area contributed by atoms with E-state index < -0.39 is 0 Å². The average Bonchev–Trinajstić information content (AvgIpc) is 2.66. The van der Waals surface area contributed by atoms with Gasteiger partial charge in [-0.1, -0.05) is 24.4 Å². The van der Waals surface area contributed by atoms with Crippen molar-refractivity contribution in [1.29, 1.82) is 0 Å². The normalized spacial score (nSPS) is 9.97. The molecule has 0 saturated heterocycles. The highest BCUT2D eigenvalue weighted by Gasteiger charge is 2.34. The molecule has 0 nitrogen and oxygen atoms in total. The fraction of sp³-hybridized carbons (Fsp3) is 0.333. The fourth-order valence-corrected chi connectivity index (χ4v) is 5.55. The second-order valence-corrected chi connectivity index (χ2v) is 10.5. The summed E-state index contributed by atoms with van der Waals surface area (Å²) in [6.07, 6.45) is 3.76. The standard InChI is InChI=1S/C9H32B20/c1-2-4-6(24(13)14)7(25(15)22-11)5(3-21-10)8(26(16)28(17)18)9(4)27(23-12)29(19)20/h21-23H,2-3,10-20H2,1H3. The van der Waals surface area contributed by atoms with Crippen LogP contribution >= 0.6 is 0 Å². The second kappa shape index (κ2) is 12.5. The quantitative estimate of drug-likeness (QED) is 0.346. The van der Waals surface area contributed by atoms with Crippen LogP contribution in [0.2, 0.25) is 0 Å². The molecule has 0 aromatic heterocycles. The summed E-state index contributed by atoms with van der Waals surface area (Å²) in [5.41, 5.74) is 10.4. The van der Waals surface area contributed by atoms with Crippen molar-refractivity contribution >= 4 is 167 Å². The maximum absolute atomic E-state index is 2.50. The van der Waals surface area contributed by atoms with Gasteiger partial charge in [-0.05, 0) is 6.42 Å². The van der Waals surface area contributed by atoms with Crippen LogP contribution in [0.3, 0.4) is 0 Å². The Labute approximate surface area is 197 Å². The Morgan fingerprint density at radius 2 is 1.28 bits per heavy atom. The zero-order valence-electron chi connectivity index (χ0n) is 22.0. The van der Waals surface area contributed by atoms with Gasteiger partial charge in [0.2, 0.25) is 0 Å². The van der Waals surface area contributed by atoms with Crippen molar-refractivity contribution in [3.8, 4) is 0 Å². The van der Waals surface area contributed by atoms with Crippen LogP contribution in [0.25, 0.3) is 0 Å². The summed E-state index contributed by atoms with van der Waals surface area (Å²) in [4.78, 5) is 0. The Hall–Kier alpha value is 0.519. The molecule has 0 amide bonds. The molecule has 128 valence electrons. The molecular weight excluding hydrogens is 324 g/mol. The molecule has 20 heteroatoms. The summed E-state index contributed by atoms with van der Waals surface area (Å²) in [5.74, 6) is 0. The van der Waals surface area contributed by atoms with Gasteiger partial charge >= 0.3 is 0 Å². The molecule has 1 rings (SSSR count). The van der Waals surface area contributed by atoms with Crippen LogP contribution in [-0.2, 0) is 12.7 Å². The molecule has 0 aliphatic rings. The van der Waals surface area contributed by atoms with Gasteiger partial charge in [0.25, 0.3) is 0 Å². The van der Waals surface area contributed by atoms with E-state index in [-0.39, 0.29) is 0 Å². The second-order valence-electron chi connectivity index (χ2n) is 10.5. The Kier molecular flexibility index (Phi) is 11.9. The molecule has 1 aromatic carbocycles. The number of hydrogen-bond donors (Lipinski definition) is 0. The molecule has 0 fully saturated rings. The van der Waals surface area contributed by atoms with E-state index in [9.17, 15) is 0 Å². The van der Waals surface area contributed by atoms with Crippen LogP contribution in [-0.4, -0.2) is 145 Å². The maximum Gasteiger partial charge on any atom is 0.0997 e. The molecule has 0 unspecified atom stereocenters. The third-order valence-corrected chi connectivity index (χ3v) is 7.49. The molecule has 0 aliphatic carbocycles. The fourth-order valence-electron chi connectivity index (χ4n) is 5.55. The third kappa shape index (κ3) is 6.06. The van der Waals surface area contributed by atoms with Crippen molar-refractivity contribution in [3.05, 3.63) is 11.1 Å². The first-order valence-electron chi connectivity index (χ1n) is 12.8. The lowest BCUT2D eigenvalue weighted by Gasteiger charge is -2.36. The lowest BCUT2D eigenvalue weighted by Crippen LogP contribution is -2.71. The van der Waals surface area contributed by atoms with Gasteiger partial charge < -0.3 is 0 Å². The van der Waals surface area contributed by atoms with E-state index in [1.54, 1.807) is 33.0 Å². The topological polar surface area (TPSA) is 0 Å². The van der Waals surface area contributed by atoms with E-state index in [0.29, 0.717) is 38.7 Å². The summed E-state index contributed by atoms with van der Waals surface area (Å²) in [6, 6.07) is 0. The Bertz CT molecular complexity index is 658. The van der Waals surface area contributed by atoms with E-state index in [4.69, 9.17) is 0 Å². The van der Waals surface area contributed by atoms with Gasteiger partial charge in [0, 0.05) is 12.8 Å². The van der Waals surface area contributed by atoms with Crippen LogP contribution in [0, 0.1) is 0 Å². The first kappa shape index (κ1) is 27.6. The molecule has 0 saturated carbocycles. The van der Waals surface area contributed by atoms with E-state index in [0.717, 1.165) is 0 Å². The van der Waals surface area contributed by atoms with Gasteiger partial charge in [-0.3, -0.25) is 0 Å². The number of benzene rings is 1. The van der Waals surface area contributed by atoms with Crippen molar-refractivity contribution in [3.63, 3.8) is 0 Å². The van der Waals surface area contributed by atoms with Crippen LogP contribution in [0.4, 0.5) is 0 Å². The predicted octanol–water partition coefficient (Wildman–Crippen LogP) is -15.3. The molecule has 0 heterocycles. The summed E-state index contributed by atoms with van der Waals surface area (Å²) in [7, 11) is 30.4. The molecule has 0 aliphatic heterocycles. The highest BCUT2D eigenvalue weighted by Crippen LogP contribution is 2.05. The van der Waals surface area contributed by atoms with Gasteiger partial charge in [0.05, 0.1) is 132 Å². The third-order valence-electron chi connectivity index (χ3n) is 7.49. The molecule has 0 bridgehead atoms. The van der Waals surface area contributed by atoms with Crippen molar-refractivity contribution in [2.75, 3.05) is 0 Å². The van der Waals surface area contributed by atoms with Crippen LogP contribution < -0.4 is 21.9 Å². The van der Waals surface area contributed by atoms with Gasteiger partial charge in [-0.2, -0.15) is 0 Å². The summed E-state index contributed by atoms with van der Waals surface area (Å²) in [5, 5.41) is 0. The highest BCUT2D eigenvalue weighted by atomic mass is 14.1. The Balaban J connectivity index is 4.28. The maximum atomic E-state index is 2.50. The molecule has 0 N–H and O–H groups in total. The zero-order chi connectivity index (χ0) is 22.5. The lowest BCUT2D eigenvalue weighted by atomic mass is 8.79. The average molecular weight is 357 g/mol. The summed E-state index contributed by atoms with van der Waals surface area (Å²) >= 11 is 0. The predicted molar refractivity (Wildman–Crippen MR) is 188 cm³/mol. The summed E-state index contributed by atoms with van der Waals surface area (Å²) < 4.78 is 0. The largest absolute Gasteiger partial charge is 0.103 e. The number of rotatable bonds is 11. The van der Waals surface area contributed by atoms with E-state index in [1.807, 2.05) is 0 Å². The SMILES string of the molecule is BBCc1c(B(B)BB)c(B(B)B)c(CC)c(B(BB)B(B)B)c1B(B)B(B)B. The van der Waals surface area contributed by atoms with E-state index in [1.165, 1.54) is 34.0 Å². The first-order valence-corrected chi connectivity index (χ1v) is 12.8. The van der Waals surface area contributed by atoms with Crippen molar-refractivity contribution in [1.82, 2.24) is 0 Å². The first-order chi connectivity index (χ1) is 13.6. The number of hydrogen-bond acceptors (Lipinski definition) is 0. The van der Waals surface area contributed by atoms with Crippen LogP contribution in [0.5, 0.6) is 0 Å². The van der Waals surface area contributed by atoms with Crippen LogP contribution in [0.15, 0.2) is 0 Å². The van der Waals surface area contributed by atoms with Gasteiger partial charge in [0.15, 0.2) is 0 Å². The highest BCUT2D eigenvalue weighted by molar-refractivity contribution is 7.76. The zero-order valence-corrected chi connectivity index (χ0v) is 22.0. The van der Waals surface area contributed by atoms with E-state index >= 15 is 0 Å². The lowest BCUT2D eigenvalue weighted by molar-refractivity contribution is 1.17. The van der Waals surface area contributed by atoms with Crippen molar-refractivity contribution in [2.45, 2.75) is 19.7 Å². The van der Waals surface area contributed by atoms with Gasteiger partial charge in [-0.25, -0.2) is 0 Å². The molecular formula is C9H32B20. The minimum atomic E-state index is 0.594. The Morgan fingerprint density at radius 3 is 1.62 bits per heavy atom. The minimum absolute atomic E-state index is 0.594. The van der Waals surface area contributed by atoms with E-state index in [2.05, 4.69) is 92.0 Å². The van der Waals surface area contributed by atoms with Crippen molar-refractivity contribution in [2.24, 2.45) is 0 Å². The van der Waals surface area contributed by atoms with Gasteiger partial charge in [0.1, 0.15) is 0 Å². The monoisotopic (exact) mass is 360 g/mol. The molecule has 0 atom stereocenters. The molecule has 1 aromatic rings. The summed E-state index contributed by atoms with van der Waals surface area (Å²) in [6.45, 7) is 4.93. The molecule has 0 radical (unpaired) electrons. The van der Waals surface area contributed by atoms with Crippen molar-refractivity contribution < 1.29 is 0 Å². The van der Waals surface area contributed by atoms with Gasteiger partial charge in [-0.15, -0.1) is 21.9 Å². The minimum Gasteiger partial charge on any atom is -0.103 e. The molecule has 29 heavy (non-hydrogen) atoms. The van der Waals surface area contributed by atoms with Crippen LogP contribution in [0.1, 0.15) is 18.1 Å². The smallest absolute Gasteiger partial charge is 0.0997 e. The molecule has 0 spiro atoms.